The lowest BCUT2D eigenvalue weighted by atomic mass is 10.1. The average molecular weight is 245 g/mol. The van der Waals surface area contributed by atoms with Gasteiger partial charge in [0.05, 0.1) is 12.6 Å². The molecule has 0 bridgehead atoms. The van der Waals surface area contributed by atoms with Gasteiger partial charge in [0.25, 0.3) is 0 Å². The summed E-state index contributed by atoms with van der Waals surface area (Å²) >= 11 is 0. The predicted molar refractivity (Wildman–Crippen MR) is 68.9 cm³/mol. The van der Waals surface area contributed by atoms with Crippen LogP contribution in [0.2, 0.25) is 0 Å². The van der Waals surface area contributed by atoms with Crippen LogP contribution >= 0.6 is 0 Å². The monoisotopic (exact) mass is 245 g/mol. The molecule has 1 N–H and O–H groups in total. The van der Waals surface area contributed by atoms with Crippen LogP contribution in [0, 0.1) is 0 Å². The fourth-order valence-electron chi connectivity index (χ4n) is 2.61. The average Bonchev–Trinajstić information content (AvgIpc) is 3.11. The van der Waals surface area contributed by atoms with Crippen molar-refractivity contribution < 1.29 is 4.79 Å². The van der Waals surface area contributed by atoms with Crippen molar-refractivity contribution in [3.05, 3.63) is 30.1 Å². The number of nitrogens with one attached hydrogen (secondary N) is 1. The van der Waals surface area contributed by atoms with E-state index in [9.17, 15) is 4.79 Å². The Balaban J connectivity index is 1.64. The Morgan fingerprint density at radius 1 is 1.44 bits per heavy atom. The summed E-state index contributed by atoms with van der Waals surface area (Å²) in [4.78, 5) is 18.4. The van der Waals surface area contributed by atoms with Crippen LogP contribution in [-0.4, -0.2) is 34.9 Å². The molecule has 2 fully saturated rings. The van der Waals surface area contributed by atoms with Crippen LogP contribution in [0.4, 0.5) is 0 Å². The minimum Gasteiger partial charge on any atom is -0.334 e. The summed E-state index contributed by atoms with van der Waals surface area (Å²) in [6.07, 6.45) is 8.25. The van der Waals surface area contributed by atoms with Crippen molar-refractivity contribution in [2.45, 2.75) is 37.8 Å². The molecule has 18 heavy (non-hydrogen) atoms. The maximum absolute atomic E-state index is 12.2. The standard InChI is InChI=1S/C14H19N3O/c18-14(10-16-12-5-6-12)17-8-2-4-13(17)11-3-1-7-15-9-11/h1,3,7,9,12-13,16H,2,4-6,8,10H2. The smallest absolute Gasteiger partial charge is 0.237 e. The van der Waals surface area contributed by atoms with Gasteiger partial charge in [-0.25, -0.2) is 0 Å². The maximum atomic E-state index is 12.2. The zero-order valence-electron chi connectivity index (χ0n) is 10.5. The number of amides is 1. The molecular formula is C14H19N3O. The molecule has 2 heterocycles. The maximum Gasteiger partial charge on any atom is 0.237 e. The number of likely N-dealkylation sites (tertiary alicyclic amines) is 1. The van der Waals surface area contributed by atoms with Crippen LogP contribution in [0.3, 0.4) is 0 Å². The van der Waals surface area contributed by atoms with E-state index in [0.717, 1.165) is 24.9 Å². The number of pyridine rings is 1. The second kappa shape index (κ2) is 5.06. The van der Waals surface area contributed by atoms with Gasteiger partial charge in [0.15, 0.2) is 0 Å². The van der Waals surface area contributed by atoms with E-state index in [4.69, 9.17) is 0 Å². The van der Waals surface area contributed by atoms with Crippen molar-refractivity contribution in [1.29, 1.82) is 0 Å². The van der Waals surface area contributed by atoms with Gasteiger partial charge in [0.2, 0.25) is 5.91 Å². The van der Waals surface area contributed by atoms with Crippen molar-refractivity contribution in [3.63, 3.8) is 0 Å². The highest BCUT2D eigenvalue weighted by Gasteiger charge is 2.30. The van der Waals surface area contributed by atoms with Crippen LogP contribution < -0.4 is 5.32 Å². The van der Waals surface area contributed by atoms with E-state index in [-0.39, 0.29) is 11.9 Å². The predicted octanol–water partition coefficient (Wildman–Crippen LogP) is 1.50. The molecule has 0 radical (unpaired) electrons. The number of hydrogen-bond acceptors (Lipinski definition) is 3. The Morgan fingerprint density at radius 2 is 2.33 bits per heavy atom. The van der Waals surface area contributed by atoms with Crippen molar-refractivity contribution in [3.8, 4) is 0 Å². The molecular weight excluding hydrogens is 226 g/mol. The molecule has 1 atom stereocenters. The fourth-order valence-corrected chi connectivity index (χ4v) is 2.61. The highest BCUT2D eigenvalue weighted by Crippen LogP contribution is 2.31. The molecule has 4 nitrogen and oxygen atoms in total. The van der Waals surface area contributed by atoms with Crippen molar-refractivity contribution >= 4 is 5.91 Å². The van der Waals surface area contributed by atoms with Crippen LogP contribution in [0.5, 0.6) is 0 Å². The van der Waals surface area contributed by atoms with E-state index in [0.29, 0.717) is 12.6 Å². The highest BCUT2D eigenvalue weighted by molar-refractivity contribution is 5.79. The number of carbonyl (C=O) groups excluding carboxylic acids is 1. The van der Waals surface area contributed by atoms with Gasteiger partial charge in [-0.3, -0.25) is 9.78 Å². The third-order valence-electron chi connectivity index (χ3n) is 3.76. The first-order chi connectivity index (χ1) is 8.84. The molecule has 0 spiro atoms. The quantitative estimate of drug-likeness (QED) is 0.874. The Morgan fingerprint density at radius 3 is 3.06 bits per heavy atom. The van der Waals surface area contributed by atoms with Gasteiger partial charge >= 0.3 is 0 Å². The minimum atomic E-state index is 0.229. The van der Waals surface area contributed by atoms with Gasteiger partial charge < -0.3 is 10.2 Å². The topological polar surface area (TPSA) is 45.2 Å². The summed E-state index contributed by atoms with van der Waals surface area (Å²) in [5.74, 6) is 0.230. The molecule has 1 saturated heterocycles. The zero-order chi connectivity index (χ0) is 12.4. The number of aromatic nitrogens is 1. The van der Waals surface area contributed by atoms with E-state index in [1.54, 1.807) is 6.20 Å². The van der Waals surface area contributed by atoms with Gasteiger partial charge in [-0.05, 0) is 37.3 Å². The van der Waals surface area contributed by atoms with Crippen LogP contribution in [0.15, 0.2) is 24.5 Å². The second-order valence-electron chi connectivity index (χ2n) is 5.19. The third-order valence-corrected chi connectivity index (χ3v) is 3.76. The molecule has 1 aliphatic heterocycles. The molecule has 96 valence electrons. The van der Waals surface area contributed by atoms with Crippen molar-refractivity contribution in [1.82, 2.24) is 15.2 Å². The Labute approximate surface area is 107 Å². The number of rotatable bonds is 4. The molecule has 1 unspecified atom stereocenters. The molecule has 2 aliphatic rings. The van der Waals surface area contributed by atoms with E-state index >= 15 is 0 Å². The normalized spacial score (nSPS) is 23.3. The number of carbonyl (C=O) groups is 1. The molecule has 1 aliphatic carbocycles. The summed E-state index contributed by atoms with van der Waals surface area (Å²) in [5.41, 5.74) is 1.16. The fraction of sp³-hybridized carbons (Fsp3) is 0.571. The molecule has 3 rings (SSSR count). The Hall–Kier alpha value is -1.42. The SMILES string of the molecule is O=C(CNC1CC1)N1CCCC1c1cccnc1. The zero-order valence-corrected chi connectivity index (χ0v) is 10.5. The summed E-state index contributed by atoms with van der Waals surface area (Å²) < 4.78 is 0. The summed E-state index contributed by atoms with van der Waals surface area (Å²) in [5, 5.41) is 3.30. The lowest BCUT2D eigenvalue weighted by molar-refractivity contribution is -0.131. The summed E-state index contributed by atoms with van der Waals surface area (Å²) in [6.45, 7) is 1.37. The van der Waals surface area contributed by atoms with E-state index in [2.05, 4.69) is 16.4 Å². The Bertz CT molecular complexity index is 416. The highest BCUT2D eigenvalue weighted by atomic mass is 16.2. The number of hydrogen-bond donors (Lipinski definition) is 1. The van der Waals surface area contributed by atoms with E-state index in [1.165, 1.54) is 12.8 Å². The summed E-state index contributed by atoms with van der Waals surface area (Å²) in [6, 6.07) is 4.83. The first-order valence-electron chi connectivity index (χ1n) is 6.77. The molecule has 0 aromatic carbocycles. The summed E-state index contributed by atoms with van der Waals surface area (Å²) in [7, 11) is 0. The van der Waals surface area contributed by atoms with Crippen LogP contribution in [0.25, 0.3) is 0 Å². The third kappa shape index (κ3) is 2.53. The first kappa shape index (κ1) is 11.7. The van der Waals surface area contributed by atoms with Crippen LogP contribution in [-0.2, 0) is 4.79 Å². The molecule has 1 aromatic heterocycles. The largest absolute Gasteiger partial charge is 0.334 e. The van der Waals surface area contributed by atoms with Crippen molar-refractivity contribution in [2.75, 3.05) is 13.1 Å². The van der Waals surface area contributed by atoms with Gasteiger partial charge in [-0.15, -0.1) is 0 Å². The van der Waals surface area contributed by atoms with Crippen molar-refractivity contribution in [2.24, 2.45) is 0 Å². The van der Waals surface area contributed by atoms with Crippen LogP contribution in [0.1, 0.15) is 37.3 Å². The first-order valence-corrected chi connectivity index (χ1v) is 6.77. The Kier molecular flexibility index (Phi) is 3.28. The van der Waals surface area contributed by atoms with E-state index < -0.39 is 0 Å². The van der Waals surface area contributed by atoms with E-state index in [1.807, 2.05) is 17.2 Å². The molecule has 1 aromatic rings. The van der Waals surface area contributed by atoms with Gasteiger partial charge in [-0.1, -0.05) is 6.07 Å². The van der Waals surface area contributed by atoms with Gasteiger partial charge in [0, 0.05) is 25.0 Å². The molecule has 4 heteroatoms. The molecule has 1 saturated carbocycles. The van der Waals surface area contributed by atoms with Gasteiger partial charge in [0.1, 0.15) is 0 Å². The number of nitrogens with zero attached hydrogens (tertiary/aromatic N) is 2. The lowest BCUT2D eigenvalue weighted by Gasteiger charge is -2.25. The van der Waals surface area contributed by atoms with Gasteiger partial charge in [-0.2, -0.15) is 0 Å². The second-order valence-corrected chi connectivity index (χ2v) is 5.19. The lowest BCUT2D eigenvalue weighted by Crippen LogP contribution is -2.38. The molecule has 1 amide bonds. The minimum absolute atomic E-state index is 0.229.